The zero-order valence-corrected chi connectivity index (χ0v) is 12.8. The van der Waals surface area contributed by atoms with Gasteiger partial charge >= 0.3 is 0 Å². The third kappa shape index (κ3) is 2.74. The number of fused-ring (bicyclic) bond motifs is 1. The molecule has 0 radical (unpaired) electrons. The van der Waals surface area contributed by atoms with Gasteiger partial charge in [0.1, 0.15) is 5.82 Å². The van der Waals surface area contributed by atoms with Gasteiger partial charge in [-0.1, -0.05) is 12.1 Å². The van der Waals surface area contributed by atoms with Crippen molar-refractivity contribution in [2.75, 3.05) is 11.9 Å². The zero-order chi connectivity index (χ0) is 15.7. The summed E-state index contributed by atoms with van der Waals surface area (Å²) in [5.74, 6) is -0.591. The van der Waals surface area contributed by atoms with Crippen LogP contribution in [0.25, 0.3) is 0 Å². The third-order valence-corrected chi connectivity index (χ3v) is 4.22. The van der Waals surface area contributed by atoms with Gasteiger partial charge in [-0.25, -0.2) is 4.39 Å². The number of anilines is 1. The number of carbonyl (C=O) groups is 1. The lowest BCUT2D eigenvalue weighted by Crippen LogP contribution is -2.25. The van der Waals surface area contributed by atoms with Crippen molar-refractivity contribution < 1.29 is 9.18 Å². The van der Waals surface area contributed by atoms with Gasteiger partial charge in [-0.2, -0.15) is 0 Å². The fraction of sp³-hybridized carbons (Fsp3) is 0.278. The van der Waals surface area contributed by atoms with E-state index in [1.807, 2.05) is 32.0 Å². The second-order valence-corrected chi connectivity index (χ2v) is 5.74. The Morgan fingerprint density at radius 1 is 1.18 bits per heavy atom. The Morgan fingerprint density at radius 3 is 2.77 bits per heavy atom. The molecular weight excluding hydrogens is 279 g/mol. The molecule has 0 fully saturated rings. The number of rotatable bonds is 2. The number of benzene rings is 2. The van der Waals surface area contributed by atoms with E-state index in [4.69, 9.17) is 0 Å². The fourth-order valence-corrected chi connectivity index (χ4v) is 2.71. The first-order chi connectivity index (χ1) is 10.6. The number of carbonyl (C=O) groups excluding carboxylic acids is 1. The van der Waals surface area contributed by atoms with Crippen LogP contribution >= 0.6 is 0 Å². The van der Waals surface area contributed by atoms with Crippen LogP contribution in [-0.4, -0.2) is 12.5 Å². The summed E-state index contributed by atoms with van der Waals surface area (Å²) in [6.07, 6.45) is 0.647. The Balaban J connectivity index is 1.86. The Morgan fingerprint density at radius 2 is 2.00 bits per heavy atom. The lowest BCUT2D eigenvalue weighted by Gasteiger charge is -2.19. The molecule has 1 amide bonds. The Labute approximate surface area is 129 Å². The second kappa shape index (κ2) is 5.89. The maximum absolute atomic E-state index is 14.5. The highest BCUT2D eigenvalue weighted by molar-refractivity contribution is 6.04. The molecule has 22 heavy (non-hydrogen) atoms. The molecule has 4 heteroatoms. The van der Waals surface area contributed by atoms with Crippen LogP contribution < -0.4 is 10.6 Å². The minimum Gasteiger partial charge on any atom is -0.319 e. The van der Waals surface area contributed by atoms with Crippen LogP contribution in [0.5, 0.6) is 0 Å². The van der Waals surface area contributed by atoms with Crippen LogP contribution in [0, 0.1) is 19.7 Å². The molecule has 0 atom stereocenters. The van der Waals surface area contributed by atoms with E-state index in [-0.39, 0.29) is 17.4 Å². The van der Waals surface area contributed by atoms with Crippen molar-refractivity contribution in [3.8, 4) is 0 Å². The Kier molecular flexibility index (Phi) is 3.94. The zero-order valence-electron chi connectivity index (χ0n) is 12.8. The van der Waals surface area contributed by atoms with Crippen LogP contribution in [0.15, 0.2) is 30.3 Å². The first kappa shape index (κ1) is 14.7. The molecule has 3 rings (SSSR count). The Bertz CT molecular complexity index is 740. The number of aryl methyl sites for hydroxylation is 2. The van der Waals surface area contributed by atoms with E-state index in [0.29, 0.717) is 24.1 Å². The van der Waals surface area contributed by atoms with E-state index in [0.717, 1.165) is 23.2 Å². The highest BCUT2D eigenvalue weighted by Gasteiger charge is 2.18. The number of nitrogens with one attached hydrogen (secondary N) is 2. The van der Waals surface area contributed by atoms with E-state index >= 15 is 0 Å². The summed E-state index contributed by atoms with van der Waals surface area (Å²) in [5, 5.41) is 5.90. The minimum atomic E-state index is -0.309. The summed E-state index contributed by atoms with van der Waals surface area (Å²) in [7, 11) is 0. The molecule has 114 valence electrons. The lowest BCUT2D eigenvalue weighted by molar-refractivity contribution is 0.102. The standard InChI is InChI=1S/C18H19FN2O/c1-11-3-4-13(9-12(11)2)18(22)21-16-6-5-14-10-20-8-7-15(14)17(16)19/h3-6,9,20H,7-8,10H2,1-2H3,(H,21,22). The maximum Gasteiger partial charge on any atom is 0.255 e. The molecule has 0 unspecified atom stereocenters. The fourth-order valence-electron chi connectivity index (χ4n) is 2.71. The van der Waals surface area contributed by atoms with Crippen molar-refractivity contribution in [2.24, 2.45) is 0 Å². The minimum absolute atomic E-state index is 0.254. The van der Waals surface area contributed by atoms with Gasteiger partial charge in [0, 0.05) is 12.1 Å². The summed E-state index contributed by atoms with van der Waals surface area (Å²) in [6.45, 7) is 5.39. The molecule has 1 aliphatic heterocycles. The van der Waals surface area contributed by atoms with Crippen LogP contribution in [0.1, 0.15) is 32.6 Å². The molecule has 0 saturated heterocycles. The molecule has 0 aliphatic carbocycles. The first-order valence-corrected chi connectivity index (χ1v) is 7.46. The molecule has 0 aromatic heterocycles. The predicted octanol–water partition coefficient (Wildman–Crippen LogP) is 3.34. The predicted molar refractivity (Wildman–Crippen MR) is 85.7 cm³/mol. The van der Waals surface area contributed by atoms with Gasteiger partial charge in [-0.15, -0.1) is 0 Å². The highest BCUT2D eigenvalue weighted by Crippen LogP contribution is 2.25. The van der Waals surface area contributed by atoms with Crippen molar-refractivity contribution in [1.82, 2.24) is 5.32 Å². The lowest BCUT2D eigenvalue weighted by atomic mass is 9.99. The van der Waals surface area contributed by atoms with Gasteiger partial charge in [-0.3, -0.25) is 4.79 Å². The van der Waals surface area contributed by atoms with Crippen LogP contribution in [0.3, 0.4) is 0 Å². The Hall–Kier alpha value is -2.20. The van der Waals surface area contributed by atoms with Crippen molar-refractivity contribution >= 4 is 11.6 Å². The van der Waals surface area contributed by atoms with Gasteiger partial charge in [0.25, 0.3) is 5.91 Å². The quantitative estimate of drug-likeness (QED) is 0.893. The molecule has 0 saturated carbocycles. The molecule has 1 aliphatic rings. The van der Waals surface area contributed by atoms with E-state index in [2.05, 4.69) is 10.6 Å². The van der Waals surface area contributed by atoms with E-state index < -0.39 is 0 Å². The first-order valence-electron chi connectivity index (χ1n) is 7.46. The highest BCUT2D eigenvalue weighted by atomic mass is 19.1. The molecule has 0 bridgehead atoms. The average molecular weight is 298 g/mol. The van der Waals surface area contributed by atoms with Gasteiger partial charge in [0.2, 0.25) is 0 Å². The summed E-state index contributed by atoms with van der Waals surface area (Å²) in [4.78, 5) is 12.3. The number of halogens is 1. The van der Waals surface area contributed by atoms with Crippen LogP contribution in [0.2, 0.25) is 0 Å². The number of hydrogen-bond acceptors (Lipinski definition) is 2. The summed E-state index contributed by atoms with van der Waals surface area (Å²) in [6, 6.07) is 9.00. The van der Waals surface area contributed by atoms with Gasteiger partial charge in [-0.05, 0) is 67.3 Å². The molecule has 1 heterocycles. The summed E-state index contributed by atoms with van der Waals surface area (Å²) >= 11 is 0. The average Bonchev–Trinajstić information content (AvgIpc) is 2.53. The summed E-state index contributed by atoms with van der Waals surface area (Å²) < 4.78 is 14.5. The van der Waals surface area contributed by atoms with E-state index in [1.165, 1.54) is 0 Å². The second-order valence-electron chi connectivity index (χ2n) is 5.74. The van der Waals surface area contributed by atoms with Crippen molar-refractivity contribution in [3.63, 3.8) is 0 Å². The van der Waals surface area contributed by atoms with Crippen LogP contribution in [-0.2, 0) is 13.0 Å². The molecule has 2 N–H and O–H groups in total. The van der Waals surface area contributed by atoms with E-state index in [9.17, 15) is 9.18 Å². The van der Waals surface area contributed by atoms with E-state index in [1.54, 1.807) is 12.1 Å². The smallest absolute Gasteiger partial charge is 0.255 e. The monoisotopic (exact) mass is 298 g/mol. The molecular formula is C18H19FN2O. The van der Waals surface area contributed by atoms with Crippen LogP contribution in [0.4, 0.5) is 10.1 Å². The SMILES string of the molecule is Cc1ccc(C(=O)Nc2ccc3c(c2F)CCNC3)cc1C. The molecule has 2 aromatic rings. The normalized spacial score (nSPS) is 13.6. The van der Waals surface area contributed by atoms with Crippen molar-refractivity contribution in [2.45, 2.75) is 26.8 Å². The van der Waals surface area contributed by atoms with Gasteiger partial charge in [0.15, 0.2) is 0 Å². The molecule has 0 spiro atoms. The topological polar surface area (TPSA) is 41.1 Å². The van der Waals surface area contributed by atoms with Gasteiger partial charge in [0.05, 0.1) is 5.69 Å². The third-order valence-electron chi connectivity index (χ3n) is 4.22. The van der Waals surface area contributed by atoms with Crippen molar-refractivity contribution in [1.29, 1.82) is 0 Å². The number of amides is 1. The van der Waals surface area contributed by atoms with Crippen molar-refractivity contribution in [3.05, 3.63) is 64.0 Å². The summed E-state index contributed by atoms with van der Waals surface area (Å²) in [5.41, 5.74) is 4.64. The maximum atomic E-state index is 14.5. The van der Waals surface area contributed by atoms with Gasteiger partial charge < -0.3 is 10.6 Å². The largest absolute Gasteiger partial charge is 0.319 e. The molecule has 2 aromatic carbocycles. The molecule has 3 nitrogen and oxygen atoms in total. The number of hydrogen-bond donors (Lipinski definition) is 2.